The van der Waals surface area contributed by atoms with Gasteiger partial charge in [-0.1, -0.05) is 29.8 Å². The van der Waals surface area contributed by atoms with Crippen molar-refractivity contribution in [2.45, 2.75) is 11.3 Å². The Hall–Kier alpha value is -0.730. The number of halogens is 1. The van der Waals surface area contributed by atoms with Crippen LogP contribution in [-0.4, -0.2) is 12.0 Å². The Bertz CT molecular complexity index is 398. The number of carbonyl (C=O) groups is 1. The molecule has 1 aromatic rings. The predicted octanol–water partition coefficient (Wildman–Crippen LogP) is 3.33. The Morgan fingerprint density at radius 2 is 2.14 bits per heavy atom. The first-order valence-electron chi connectivity index (χ1n) is 4.39. The van der Waals surface area contributed by atoms with Gasteiger partial charge in [-0.15, -0.1) is 11.8 Å². The van der Waals surface area contributed by atoms with Crippen LogP contribution in [0.3, 0.4) is 0 Å². The highest BCUT2D eigenvalue weighted by Crippen LogP contribution is 2.36. The zero-order valence-electron chi connectivity index (χ0n) is 7.50. The van der Waals surface area contributed by atoms with E-state index in [1.165, 1.54) is 0 Å². The molecule has 0 aliphatic carbocycles. The van der Waals surface area contributed by atoms with Crippen LogP contribution in [0.1, 0.15) is 12.0 Å². The SMILES string of the molecule is O=CC1=C(Cl)c2ccccc2SCC1. The van der Waals surface area contributed by atoms with Crippen LogP contribution in [0.4, 0.5) is 0 Å². The van der Waals surface area contributed by atoms with Crippen molar-refractivity contribution in [2.75, 3.05) is 5.75 Å². The van der Waals surface area contributed by atoms with E-state index in [4.69, 9.17) is 11.6 Å². The molecule has 14 heavy (non-hydrogen) atoms. The molecule has 3 heteroatoms. The van der Waals surface area contributed by atoms with E-state index in [1.807, 2.05) is 24.3 Å². The van der Waals surface area contributed by atoms with Gasteiger partial charge in [-0.05, 0) is 12.5 Å². The van der Waals surface area contributed by atoms with Gasteiger partial charge in [0.25, 0.3) is 0 Å². The molecule has 1 aliphatic rings. The van der Waals surface area contributed by atoms with E-state index in [0.29, 0.717) is 10.6 Å². The van der Waals surface area contributed by atoms with Gasteiger partial charge in [0, 0.05) is 21.8 Å². The zero-order valence-corrected chi connectivity index (χ0v) is 9.07. The average Bonchev–Trinajstić information content (AvgIpc) is 2.39. The van der Waals surface area contributed by atoms with Gasteiger partial charge < -0.3 is 0 Å². The van der Waals surface area contributed by atoms with Crippen molar-refractivity contribution >= 4 is 34.7 Å². The number of carbonyl (C=O) groups excluding carboxylic acids is 1. The number of benzene rings is 1. The Morgan fingerprint density at radius 3 is 2.93 bits per heavy atom. The molecular formula is C11H9ClOS. The van der Waals surface area contributed by atoms with Gasteiger partial charge in [-0.25, -0.2) is 0 Å². The molecule has 0 fully saturated rings. The number of thioether (sulfide) groups is 1. The van der Waals surface area contributed by atoms with E-state index >= 15 is 0 Å². The van der Waals surface area contributed by atoms with Crippen LogP contribution >= 0.6 is 23.4 Å². The second kappa shape index (κ2) is 4.20. The van der Waals surface area contributed by atoms with Gasteiger partial charge in [0.05, 0.1) is 5.03 Å². The number of rotatable bonds is 1. The molecule has 0 saturated heterocycles. The van der Waals surface area contributed by atoms with E-state index < -0.39 is 0 Å². The summed E-state index contributed by atoms with van der Waals surface area (Å²) in [5, 5.41) is 0.612. The third-order valence-corrected chi connectivity index (χ3v) is 3.70. The van der Waals surface area contributed by atoms with E-state index in [0.717, 1.165) is 28.9 Å². The lowest BCUT2D eigenvalue weighted by molar-refractivity contribution is -0.104. The van der Waals surface area contributed by atoms with Crippen molar-refractivity contribution in [3.8, 4) is 0 Å². The van der Waals surface area contributed by atoms with Gasteiger partial charge in [-0.3, -0.25) is 4.79 Å². The van der Waals surface area contributed by atoms with Crippen LogP contribution < -0.4 is 0 Å². The van der Waals surface area contributed by atoms with E-state index in [2.05, 4.69) is 0 Å². The first-order chi connectivity index (χ1) is 6.83. The Morgan fingerprint density at radius 1 is 1.36 bits per heavy atom. The maximum atomic E-state index is 10.8. The fourth-order valence-corrected chi connectivity index (χ4v) is 2.84. The van der Waals surface area contributed by atoms with Gasteiger partial charge in [0.15, 0.2) is 0 Å². The number of hydrogen-bond acceptors (Lipinski definition) is 2. The summed E-state index contributed by atoms with van der Waals surface area (Å²) in [6.45, 7) is 0. The molecule has 2 rings (SSSR count). The normalized spacial score (nSPS) is 16.1. The Balaban J connectivity index is 2.57. The number of hydrogen-bond donors (Lipinski definition) is 0. The standard InChI is InChI=1S/C11H9ClOS/c12-11-8(7-13)5-6-14-10-4-2-1-3-9(10)11/h1-4,7H,5-6H2. The molecule has 0 atom stereocenters. The molecule has 0 saturated carbocycles. The van der Waals surface area contributed by atoms with Crippen LogP contribution in [0, 0.1) is 0 Å². The lowest BCUT2D eigenvalue weighted by Gasteiger charge is -2.03. The minimum Gasteiger partial charge on any atom is -0.298 e. The first kappa shape index (κ1) is 9.81. The maximum Gasteiger partial charge on any atom is 0.147 e. The van der Waals surface area contributed by atoms with Crippen molar-refractivity contribution in [1.82, 2.24) is 0 Å². The molecule has 0 aromatic heterocycles. The summed E-state index contributed by atoms with van der Waals surface area (Å²) in [7, 11) is 0. The molecule has 1 nitrogen and oxygen atoms in total. The molecule has 0 N–H and O–H groups in total. The lowest BCUT2D eigenvalue weighted by atomic mass is 10.1. The van der Waals surface area contributed by atoms with E-state index in [1.54, 1.807) is 11.8 Å². The summed E-state index contributed by atoms with van der Waals surface area (Å²) in [6, 6.07) is 7.92. The highest BCUT2D eigenvalue weighted by Gasteiger charge is 2.14. The third-order valence-electron chi connectivity index (χ3n) is 2.18. The topological polar surface area (TPSA) is 17.1 Å². The summed E-state index contributed by atoms with van der Waals surface area (Å²) >= 11 is 7.90. The van der Waals surface area contributed by atoms with Crippen molar-refractivity contribution in [3.63, 3.8) is 0 Å². The highest BCUT2D eigenvalue weighted by molar-refractivity contribution is 7.99. The molecule has 72 valence electrons. The molecule has 1 aliphatic heterocycles. The van der Waals surface area contributed by atoms with Crippen LogP contribution in [0.5, 0.6) is 0 Å². The average molecular weight is 225 g/mol. The van der Waals surface area contributed by atoms with E-state index in [9.17, 15) is 4.79 Å². The summed E-state index contributed by atoms with van der Waals surface area (Å²) in [4.78, 5) is 11.9. The molecule has 0 spiro atoms. The first-order valence-corrected chi connectivity index (χ1v) is 5.75. The van der Waals surface area contributed by atoms with Crippen LogP contribution in [0.2, 0.25) is 0 Å². The Labute approximate surface area is 92.1 Å². The number of aldehydes is 1. The summed E-state index contributed by atoms with van der Waals surface area (Å²) in [6.07, 6.45) is 1.62. The summed E-state index contributed by atoms with van der Waals surface area (Å²) < 4.78 is 0. The maximum absolute atomic E-state index is 10.8. The van der Waals surface area contributed by atoms with Gasteiger partial charge >= 0.3 is 0 Å². The summed E-state index contributed by atoms with van der Waals surface area (Å²) in [5.41, 5.74) is 1.70. The monoisotopic (exact) mass is 224 g/mol. The second-order valence-electron chi connectivity index (χ2n) is 3.05. The van der Waals surface area contributed by atoms with Gasteiger partial charge in [-0.2, -0.15) is 0 Å². The van der Waals surface area contributed by atoms with Crippen LogP contribution in [0.25, 0.3) is 5.03 Å². The lowest BCUT2D eigenvalue weighted by Crippen LogP contribution is -1.88. The molecular weight excluding hydrogens is 216 g/mol. The van der Waals surface area contributed by atoms with Crippen molar-refractivity contribution in [2.24, 2.45) is 0 Å². The second-order valence-corrected chi connectivity index (χ2v) is 4.57. The predicted molar refractivity (Wildman–Crippen MR) is 60.6 cm³/mol. The smallest absolute Gasteiger partial charge is 0.147 e. The molecule has 0 unspecified atom stereocenters. The van der Waals surface area contributed by atoms with Crippen molar-refractivity contribution < 1.29 is 4.79 Å². The van der Waals surface area contributed by atoms with Crippen LogP contribution in [-0.2, 0) is 4.79 Å². The molecule has 0 amide bonds. The third kappa shape index (κ3) is 1.72. The largest absolute Gasteiger partial charge is 0.298 e. The minimum atomic E-state index is 0.612. The van der Waals surface area contributed by atoms with E-state index in [-0.39, 0.29) is 0 Å². The van der Waals surface area contributed by atoms with Gasteiger partial charge in [0.2, 0.25) is 0 Å². The van der Waals surface area contributed by atoms with Crippen LogP contribution in [0.15, 0.2) is 34.7 Å². The highest BCUT2D eigenvalue weighted by atomic mass is 35.5. The van der Waals surface area contributed by atoms with Gasteiger partial charge in [0.1, 0.15) is 6.29 Å². The fourth-order valence-electron chi connectivity index (χ4n) is 1.44. The quantitative estimate of drug-likeness (QED) is 0.681. The zero-order chi connectivity index (χ0) is 9.97. The fraction of sp³-hybridized carbons (Fsp3) is 0.182. The summed E-state index contributed by atoms with van der Waals surface area (Å²) in [5.74, 6) is 0.918. The molecule has 1 aromatic carbocycles. The van der Waals surface area contributed by atoms with Crippen molar-refractivity contribution in [3.05, 3.63) is 35.4 Å². The number of fused-ring (bicyclic) bond motifs is 1. The van der Waals surface area contributed by atoms with Crippen molar-refractivity contribution in [1.29, 1.82) is 0 Å². The molecule has 1 heterocycles. The Kier molecular flexibility index (Phi) is 2.94. The molecule has 0 bridgehead atoms. The minimum absolute atomic E-state index is 0.612. The molecule has 0 radical (unpaired) electrons. The number of allylic oxidation sites excluding steroid dienone is 1.